The minimum absolute atomic E-state index is 0.282. The van der Waals surface area contributed by atoms with Crippen LogP contribution in [0.4, 0.5) is 0 Å². The molecule has 0 aromatic carbocycles. The molecule has 0 aliphatic carbocycles. The van der Waals surface area contributed by atoms with E-state index in [-0.39, 0.29) is 5.69 Å². The van der Waals surface area contributed by atoms with Crippen molar-refractivity contribution in [1.29, 1.82) is 0 Å². The van der Waals surface area contributed by atoms with Crippen LogP contribution >= 0.6 is 12.2 Å². The molecule has 0 fully saturated rings. The van der Waals surface area contributed by atoms with E-state index in [1.54, 1.807) is 0 Å². The molecule has 2 aromatic rings. The van der Waals surface area contributed by atoms with Gasteiger partial charge in [0.25, 0.3) is 0 Å². The largest absolute Gasteiger partial charge is 0.331 e. The number of hydrogen-bond acceptors (Lipinski definition) is 3. The maximum atomic E-state index is 10.7. The Bertz CT molecular complexity index is 493. The average Bonchev–Trinajstić information content (AvgIpc) is 2.31. The van der Waals surface area contributed by atoms with Crippen LogP contribution in [0, 0.1) is 4.64 Å². The van der Waals surface area contributed by atoms with Crippen molar-refractivity contribution in [1.82, 2.24) is 19.9 Å². The smallest absolute Gasteiger partial charge is 0.325 e. The third-order valence-electron chi connectivity index (χ3n) is 1.33. The van der Waals surface area contributed by atoms with Gasteiger partial charge in [-0.3, -0.25) is 4.98 Å². The molecule has 2 aromatic heterocycles. The summed E-state index contributed by atoms with van der Waals surface area (Å²) in [5.41, 5.74) is 0.845. The summed E-state index contributed by atoms with van der Waals surface area (Å²) >= 11 is 4.85. The molecule has 0 unspecified atom stereocenters. The summed E-state index contributed by atoms with van der Waals surface area (Å²) in [5, 5.41) is 0. The van der Waals surface area contributed by atoms with Crippen LogP contribution in [0.15, 0.2) is 11.1 Å². The zero-order valence-corrected chi connectivity index (χ0v) is 6.16. The normalized spacial score (nSPS) is 10.5. The van der Waals surface area contributed by atoms with Crippen molar-refractivity contribution in [2.24, 2.45) is 0 Å². The molecular weight excluding hydrogens is 164 g/mol. The molecular formula is C5H4N4OS. The van der Waals surface area contributed by atoms with E-state index in [1.165, 1.54) is 6.33 Å². The number of H-pyrrole nitrogens is 3. The van der Waals surface area contributed by atoms with Gasteiger partial charge in [-0.25, -0.2) is 9.78 Å². The summed E-state index contributed by atoms with van der Waals surface area (Å²) in [5.74, 6) is 0. The molecule has 2 heterocycles. The Hall–Kier alpha value is -1.43. The Morgan fingerprint density at radius 1 is 1.45 bits per heavy atom. The Morgan fingerprint density at radius 2 is 2.27 bits per heavy atom. The monoisotopic (exact) mass is 168 g/mol. The second kappa shape index (κ2) is 2.03. The molecule has 0 aliphatic rings. The van der Waals surface area contributed by atoms with E-state index in [0.29, 0.717) is 15.8 Å². The van der Waals surface area contributed by atoms with E-state index < -0.39 is 0 Å². The maximum absolute atomic E-state index is 10.7. The second-order valence-corrected chi connectivity index (χ2v) is 2.42. The van der Waals surface area contributed by atoms with Crippen LogP contribution in [-0.2, 0) is 0 Å². The number of imidazole rings is 1. The average molecular weight is 168 g/mol. The third kappa shape index (κ3) is 0.874. The van der Waals surface area contributed by atoms with Gasteiger partial charge in [0.05, 0.1) is 6.33 Å². The molecule has 5 nitrogen and oxygen atoms in total. The SMILES string of the molecule is O=c1[nH]c2[nH]cnc(=S)c2[nH]1. The lowest BCUT2D eigenvalue weighted by molar-refractivity contribution is 1.18. The second-order valence-electron chi connectivity index (χ2n) is 2.04. The van der Waals surface area contributed by atoms with Crippen LogP contribution in [0.25, 0.3) is 11.2 Å². The van der Waals surface area contributed by atoms with Gasteiger partial charge in [-0.2, -0.15) is 0 Å². The van der Waals surface area contributed by atoms with Gasteiger partial charge in [0.15, 0.2) is 4.64 Å². The number of fused-ring (bicyclic) bond motifs is 1. The van der Waals surface area contributed by atoms with Gasteiger partial charge in [-0.15, -0.1) is 0 Å². The van der Waals surface area contributed by atoms with E-state index in [0.717, 1.165) is 0 Å². The van der Waals surface area contributed by atoms with Gasteiger partial charge in [-0.05, 0) is 0 Å². The molecule has 0 aliphatic heterocycles. The molecule has 0 amide bonds. The summed E-state index contributed by atoms with van der Waals surface area (Å²) in [6.45, 7) is 0. The van der Waals surface area contributed by atoms with Crippen molar-refractivity contribution < 1.29 is 0 Å². The first kappa shape index (κ1) is 6.29. The van der Waals surface area contributed by atoms with Crippen molar-refractivity contribution in [2.75, 3.05) is 0 Å². The lowest BCUT2D eigenvalue weighted by atomic mass is 10.6. The number of aromatic amines is 3. The molecule has 0 saturated heterocycles. The fourth-order valence-corrected chi connectivity index (χ4v) is 1.08. The minimum atomic E-state index is -0.282. The highest BCUT2D eigenvalue weighted by atomic mass is 32.1. The summed E-state index contributed by atoms with van der Waals surface area (Å²) in [6.07, 6.45) is 1.44. The van der Waals surface area contributed by atoms with Gasteiger partial charge in [-0.1, -0.05) is 12.2 Å². The summed E-state index contributed by atoms with van der Waals surface area (Å²) < 4.78 is 0.386. The Morgan fingerprint density at radius 3 is 3.00 bits per heavy atom. The lowest BCUT2D eigenvalue weighted by Crippen LogP contribution is -1.99. The fourth-order valence-electron chi connectivity index (χ4n) is 0.872. The molecule has 2 rings (SSSR count). The number of hydrogen-bond donors (Lipinski definition) is 3. The molecule has 0 spiro atoms. The maximum Gasteiger partial charge on any atom is 0.325 e. The fraction of sp³-hybridized carbons (Fsp3) is 0. The first-order valence-electron chi connectivity index (χ1n) is 2.93. The Kier molecular flexibility index (Phi) is 1.16. The predicted molar refractivity (Wildman–Crippen MR) is 41.9 cm³/mol. The Labute approximate surface area is 65.5 Å². The van der Waals surface area contributed by atoms with E-state index in [4.69, 9.17) is 12.2 Å². The van der Waals surface area contributed by atoms with Gasteiger partial charge in [0.2, 0.25) is 0 Å². The molecule has 3 N–H and O–H groups in total. The zero-order chi connectivity index (χ0) is 7.84. The van der Waals surface area contributed by atoms with Crippen molar-refractivity contribution >= 4 is 23.4 Å². The first-order chi connectivity index (χ1) is 5.27. The van der Waals surface area contributed by atoms with Crippen LogP contribution in [0.3, 0.4) is 0 Å². The van der Waals surface area contributed by atoms with Crippen LogP contribution in [-0.4, -0.2) is 19.9 Å². The highest BCUT2D eigenvalue weighted by molar-refractivity contribution is 7.71. The predicted octanol–water partition coefficient (Wildman–Crippen LogP) is 0.309. The molecule has 56 valence electrons. The van der Waals surface area contributed by atoms with Crippen molar-refractivity contribution in [3.8, 4) is 0 Å². The Balaban J connectivity index is 3.14. The number of rotatable bonds is 0. The minimum Gasteiger partial charge on any atom is -0.331 e. The van der Waals surface area contributed by atoms with E-state index >= 15 is 0 Å². The molecule has 0 atom stereocenters. The summed E-state index contributed by atoms with van der Waals surface area (Å²) in [6, 6.07) is 0. The quantitative estimate of drug-likeness (QED) is 0.495. The van der Waals surface area contributed by atoms with E-state index in [9.17, 15) is 4.79 Å². The van der Waals surface area contributed by atoms with Gasteiger partial charge in [0.1, 0.15) is 11.2 Å². The highest BCUT2D eigenvalue weighted by Gasteiger charge is 1.97. The zero-order valence-electron chi connectivity index (χ0n) is 5.34. The van der Waals surface area contributed by atoms with Crippen LogP contribution < -0.4 is 5.69 Å². The van der Waals surface area contributed by atoms with E-state index in [2.05, 4.69) is 19.9 Å². The van der Waals surface area contributed by atoms with Crippen molar-refractivity contribution in [3.63, 3.8) is 0 Å². The van der Waals surface area contributed by atoms with Crippen LogP contribution in [0.1, 0.15) is 0 Å². The number of nitrogens with one attached hydrogen (secondary N) is 3. The van der Waals surface area contributed by atoms with Crippen molar-refractivity contribution in [2.45, 2.75) is 0 Å². The first-order valence-corrected chi connectivity index (χ1v) is 3.34. The van der Waals surface area contributed by atoms with Gasteiger partial charge in [0, 0.05) is 0 Å². The summed E-state index contributed by atoms with van der Waals surface area (Å²) in [4.78, 5) is 22.3. The van der Waals surface area contributed by atoms with Crippen LogP contribution in [0.2, 0.25) is 0 Å². The standard InChI is InChI=1S/C5H4N4OS/c10-5-8-2-3(9-5)6-1-7-4(2)11/h1H,(H3,6,7,8,9,10,11). The van der Waals surface area contributed by atoms with Crippen LogP contribution in [0.5, 0.6) is 0 Å². The van der Waals surface area contributed by atoms with Gasteiger partial charge >= 0.3 is 5.69 Å². The van der Waals surface area contributed by atoms with E-state index in [1.807, 2.05) is 0 Å². The molecule has 0 bridgehead atoms. The van der Waals surface area contributed by atoms with Crippen molar-refractivity contribution in [3.05, 3.63) is 21.5 Å². The molecule has 0 radical (unpaired) electrons. The third-order valence-corrected chi connectivity index (χ3v) is 1.64. The molecule has 11 heavy (non-hydrogen) atoms. The highest BCUT2D eigenvalue weighted by Crippen LogP contribution is 2.00. The molecule has 6 heteroatoms. The lowest BCUT2D eigenvalue weighted by Gasteiger charge is -1.84. The molecule has 0 saturated carbocycles. The number of aromatic nitrogens is 4. The summed E-state index contributed by atoms with van der Waals surface area (Å²) in [7, 11) is 0. The van der Waals surface area contributed by atoms with Gasteiger partial charge < -0.3 is 9.97 Å². The topological polar surface area (TPSA) is 77.3 Å². The number of nitrogens with zero attached hydrogens (tertiary/aromatic N) is 1.